The minimum absolute atomic E-state index is 0.0410. The standard InChI is InChI=1S/C15H15N3O3/c1-2-17(12-6-4-3-5-7-12)15(19)11-8-9-13(16)14(10-11)18(20)21/h3-10H,2,16H2,1H3. The maximum Gasteiger partial charge on any atom is 0.292 e. The minimum Gasteiger partial charge on any atom is -0.393 e. The van der Waals surface area contributed by atoms with Gasteiger partial charge in [0.2, 0.25) is 0 Å². The highest BCUT2D eigenvalue weighted by atomic mass is 16.6. The SMILES string of the molecule is CCN(C(=O)c1ccc(N)c([N+](=O)[O-])c1)c1ccccc1. The summed E-state index contributed by atoms with van der Waals surface area (Å²) < 4.78 is 0. The third-order valence-corrected chi connectivity index (χ3v) is 3.10. The van der Waals surface area contributed by atoms with Gasteiger partial charge in [0.05, 0.1) is 4.92 Å². The Morgan fingerprint density at radius 3 is 2.48 bits per heavy atom. The lowest BCUT2D eigenvalue weighted by atomic mass is 10.1. The average molecular weight is 285 g/mol. The number of benzene rings is 2. The molecule has 0 radical (unpaired) electrons. The van der Waals surface area contributed by atoms with Crippen LogP contribution in [0.25, 0.3) is 0 Å². The molecule has 0 spiro atoms. The molecule has 0 aliphatic carbocycles. The molecule has 0 atom stereocenters. The van der Waals surface area contributed by atoms with Crippen molar-refractivity contribution in [2.45, 2.75) is 6.92 Å². The van der Waals surface area contributed by atoms with Crippen LogP contribution in [0.4, 0.5) is 17.1 Å². The van der Waals surface area contributed by atoms with E-state index in [4.69, 9.17) is 5.73 Å². The van der Waals surface area contributed by atoms with Crippen molar-refractivity contribution in [3.05, 3.63) is 64.2 Å². The number of amides is 1. The molecule has 6 nitrogen and oxygen atoms in total. The van der Waals surface area contributed by atoms with E-state index in [1.165, 1.54) is 18.2 Å². The summed E-state index contributed by atoms with van der Waals surface area (Å²) in [6.07, 6.45) is 0. The molecule has 108 valence electrons. The molecular weight excluding hydrogens is 270 g/mol. The Morgan fingerprint density at radius 1 is 1.24 bits per heavy atom. The molecule has 0 unspecified atom stereocenters. The molecule has 0 aliphatic rings. The summed E-state index contributed by atoms with van der Waals surface area (Å²) in [5, 5.41) is 10.9. The number of nitro benzene ring substituents is 1. The topological polar surface area (TPSA) is 89.5 Å². The highest BCUT2D eigenvalue weighted by Crippen LogP contribution is 2.24. The van der Waals surface area contributed by atoms with Gasteiger partial charge in [0, 0.05) is 23.9 Å². The van der Waals surface area contributed by atoms with Crippen molar-refractivity contribution >= 4 is 23.0 Å². The van der Waals surface area contributed by atoms with Crippen LogP contribution in [0.5, 0.6) is 0 Å². The Kier molecular flexibility index (Phi) is 4.18. The van der Waals surface area contributed by atoms with Crippen molar-refractivity contribution in [2.75, 3.05) is 17.2 Å². The van der Waals surface area contributed by atoms with Crippen molar-refractivity contribution in [2.24, 2.45) is 0 Å². The van der Waals surface area contributed by atoms with E-state index in [0.29, 0.717) is 6.54 Å². The van der Waals surface area contributed by atoms with Crippen molar-refractivity contribution in [1.82, 2.24) is 0 Å². The zero-order valence-corrected chi connectivity index (χ0v) is 11.5. The molecule has 21 heavy (non-hydrogen) atoms. The third kappa shape index (κ3) is 3.00. The first-order valence-electron chi connectivity index (χ1n) is 6.45. The normalized spacial score (nSPS) is 10.1. The number of nitrogen functional groups attached to an aromatic ring is 1. The van der Waals surface area contributed by atoms with Crippen LogP contribution in [-0.2, 0) is 0 Å². The third-order valence-electron chi connectivity index (χ3n) is 3.10. The first-order valence-corrected chi connectivity index (χ1v) is 6.45. The summed E-state index contributed by atoms with van der Waals surface area (Å²) >= 11 is 0. The fraction of sp³-hybridized carbons (Fsp3) is 0.133. The van der Waals surface area contributed by atoms with Crippen molar-refractivity contribution in [1.29, 1.82) is 0 Å². The molecule has 2 aromatic carbocycles. The number of nitro groups is 1. The zero-order chi connectivity index (χ0) is 15.4. The molecule has 2 aromatic rings. The van der Waals surface area contributed by atoms with Crippen LogP contribution in [0.3, 0.4) is 0 Å². The summed E-state index contributed by atoms with van der Waals surface area (Å²) in [4.78, 5) is 24.4. The van der Waals surface area contributed by atoms with Gasteiger partial charge in [-0.05, 0) is 31.2 Å². The van der Waals surface area contributed by atoms with Gasteiger partial charge in [0.1, 0.15) is 5.69 Å². The Balaban J connectivity index is 2.39. The summed E-state index contributed by atoms with van der Waals surface area (Å²) in [5.41, 5.74) is 6.30. The van der Waals surface area contributed by atoms with Crippen molar-refractivity contribution in [3.8, 4) is 0 Å². The summed E-state index contributed by atoms with van der Waals surface area (Å²) in [6, 6.07) is 13.2. The maximum atomic E-state index is 12.5. The number of carbonyl (C=O) groups is 1. The second kappa shape index (κ2) is 6.04. The Morgan fingerprint density at radius 2 is 1.90 bits per heavy atom. The summed E-state index contributed by atoms with van der Waals surface area (Å²) in [7, 11) is 0. The van der Waals surface area contributed by atoms with Crippen LogP contribution in [0.15, 0.2) is 48.5 Å². The fourth-order valence-corrected chi connectivity index (χ4v) is 2.04. The summed E-state index contributed by atoms with van der Waals surface area (Å²) in [5.74, 6) is -0.299. The Bertz CT molecular complexity index is 671. The van der Waals surface area contributed by atoms with Crippen LogP contribution in [-0.4, -0.2) is 17.4 Å². The number of rotatable bonds is 4. The highest BCUT2D eigenvalue weighted by Gasteiger charge is 2.20. The second-order valence-electron chi connectivity index (χ2n) is 4.42. The van der Waals surface area contributed by atoms with E-state index in [9.17, 15) is 14.9 Å². The lowest BCUT2D eigenvalue weighted by Crippen LogP contribution is -2.30. The Hall–Kier alpha value is -2.89. The number of hydrogen-bond acceptors (Lipinski definition) is 4. The largest absolute Gasteiger partial charge is 0.393 e. The molecular formula is C15H15N3O3. The van der Waals surface area contributed by atoms with Crippen molar-refractivity contribution < 1.29 is 9.72 Å². The van der Waals surface area contributed by atoms with Crippen LogP contribution in [0.2, 0.25) is 0 Å². The number of hydrogen-bond donors (Lipinski definition) is 1. The van der Waals surface area contributed by atoms with E-state index in [0.717, 1.165) is 5.69 Å². The molecule has 0 saturated carbocycles. The molecule has 0 bridgehead atoms. The molecule has 0 fully saturated rings. The van der Waals surface area contributed by atoms with Crippen LogP contribution in [0, 0.1) is 10.1 Å². The van der Waals surface area contributed by atoms with Gasteiger partial charge in [-0.2, -0.15) is 0 Å². The monoisotopic (exact) mass is 285 g/mol. The number of carbonyl (C=O) groups excluding carboxylic acids is 1. The number of nitrogens with zero attached hydrogens (tertiary/aromatic N) is 2. The molecule has 0 aromatic heterocycles. The van der Waals surface area contributed by atoms with Crippen molar-refractivity contribution in [3.63, 3.8) is 0 Å². The van der Waals surface area contributed by atoms with Crippen LogP contribution < -0.4 is 10.6 Å². The quantitative estimate of drug-likeness (QED) is 0.531. The molecule has 6 heteroatoms. The van der Waals surface area contributed by atoms with Gasteiger partial charge < -0.3 is 10.6 Å². The summed E-state index contributed by atoms with van der Waals surface area (Å²) in [6.45, 7) is 2.30. The number of para-hydroxylation sites is 1. The highest BCUT2D eigenvalue weighted by molar-refractivity contribution is 6.06. The molecule has 0 aliphatic heterocycles. The van der Waals surface area contributed by atoms with E-state index in [1.807, 2.05) is 37.3 Å². The maximum absolute atomic E-state index is 12.5. The van der Waals surface area contributed by atoms with E-state index >= 15 is 0 Å². The lowest BCUT2D eigenvalue weighted by Gasteiger charge is -2.21. The average Bonchev–Trinajstić information content (AvgIpc) is 2.49. The molecule has 0 saturated heterocycles. The molecule has 0 heterocycles. The predicted molar refractivity (Wildman–Crippen MR) is 81.3 cm³/mol. The fourth-order valence-electron chi connectivity index (χ4n) is 2.04. The van der Waals surface area contributed by atoms with Gasteiger partial charge in [-0.1, -0.05) is 18.2 Å². The molecule has 2 N–H and O–H groups in total. The van der Waals surface area contributed by atoms with E-state index in [-0.39, 0.29) is 22.8 Å². The number of nitrogens with two attached hydrogens (primary N) is 1. The van der Waals surface area contributed by atoms with Gasteiger partial charge in [-0.25, -0.2) is 0 Å². The first-order chi connectivity index (χ1) is 10.0. The van der Waals surface area contributed by atoms with Gasteiger partial charge in [-0.15, -0.1) is 0 Å². The van der Waals surface area contributed by atoms with E-state index in [1.54, 1.807) is 4.90 Å². The van der Waals surface area contributed by atoms with Gasteiger partial charge in [0.25, 0.3) is 11.6 Å². The predicted octanol–water partition coefficient (Wildman–Crippen LogP) is 2.84. The second-order valence-corrected chi connectivity index (χ2v) is 4.42. The molecule has 1 amide bonds. The smallest absolute Gasteiger partial charge is 0.292 e. The molecule has 2 rings (SSSR count). The van der Waals surface area contributed by atoms with Gasteiger partial charge in [0.15, 0.2) is 0 Å². The van der Waals surface area contributed by atoms with Crippen LogP contribution >= 0.6 is 0 Å². The van der Waals surface area contributed by atoms with Gasteiger partial charge >= 0.3 is 0 Å². The van der Waals surface area contributed by atoms with E-state index in [2.05, 4.69) is 0 Å². The number of anilines is 2. The lowest BCUT2D eigenvalue weighted by molar-refractivity contribution is -0.383. The van der Waals surface area contributed by atoms with E-state index < -0.39 is 4.92 Å². The zero-order valence-electron chi connectivity index (χ0n) is 11.5. The minimum atomic E-state index is -0.592. The first kappa shape index (κ1) is 14.5. The van der Waals surface area contributed by atoms with Gasteiger partial charge in [-0.3, -0.25) is 14.9 Å². The van der Waals surface area contributed by atoms with Crippen LogP contribution in [0.1, 0.15) is 17.3 Å². The Labute approximate surface area is 121 Å².